The van der Waals surface area contributed by atoms with Crippen molar-refractivity contribution in [3.63, 3.8) is 0 Å². The predicted octanol–water partition coefficient (Wildman–Crippen LogP) is 11.4. The fraction of sp³-hybridized carbons (Fsp3) is 0.289. The Morgan fingerprint density at radius 1 is 0.600 bits per heavy atom. The summed E-state index contributed by atoms with van der Waals surface area (Å²) in [5.41, 5.74) is 20.9. The van der Waals surface area contributed by atoms with Crippen LogP contribution in [-0.4, -0.2) is 0 Å². The molecule has 0 aromatic heterocycles. The van der Waals surface area contributed by atoms with E-state index < -0.39 is 0 Å². The second-order valence-electron chi connectivity index (χ2n) is 15.3. The van der Waals surface area contributed by atoms with E-state index in [-0.39, 0.29) is 22.2 Å². The predicted molar refractivity (Wildman–Crippen MR) is 192 cm³/mol. The summed E-state index contributed by atoms with van der Waals surface area (Å²) in [5.74, 6) is 0.217. The van der Waals surface area contributed by atoms with Gasteiger partial charge in [-0.15, -0.1) is 0 Å². The van der Waals surface area contributed by atoms with E-state index in [2.05, 4.69) is 159 Å². The number of hydrogen-bond donors (Lipinski definition) is 0. The standard InChI is InChI=1S/C45H44/c1-27-13-17-34(18-14-27)45(33-11-9-10-12-33,35-19-15-28(2)16-20-35)42-30(4)37-25-39-32(23-41(37)44(42,7)8)21-31-22-40-36(24-38(31)39)29(3)26-43(40,5)6/h9-20,22-26,33H,21H2,1-8H3. The molecule has 0 fully saturated rings. The maximum absolute atomic E-state index is 2.58. The van der Waals surface area contributed by atoms with Crippen LogP contribution in [0.4, 0.5) is 0 Å². The quantitative estimate of drug-likeness (QED) is 0.197. The molecule has 224 valence electrons. The first kappa shape index (κ1) is 28.3. The number of fused-ring (bicyclic) bond motifs is 5. The molecule has 8 rings (SSSR count). The number of aryl methyl sites for hydroxylation is 2. The van der Waals surface area contributed by atoms with E-state index in [0.717, 1.165) is 6.42 Å². The summed E-state index contributed by atoms with van der Waals surface area (Å²) in [6.07, 6.45) is 12.8. The topological polar surface area (TPSA) is 0 Å². The molecule has 45 heavy (non-hydrogen) atoms. The van der Waals surface area contributed by atoms with E-state index in [9.17, 15) is 0 Å². The van der Waals surface area contributed by atoms with Gasteiger partial charge in [-0.05, 0) is 119 Å². The Bertz CT molecular complexity index is 1970. The van der Waals surface area contributed by atoms with Gasteiger partial charge in [-0.25, -0.2) is 0 Å². The minimum Gasteiger partial charge on any atom is -0.0761 e. The zero-order valence-electron chi connectivity index (χ0n) is 28.1. The van der Waals surface area contributed by atoms with Gasteiger partial charge in [-0.1, -0.05) is 130 Å². The summed E-state index contributed by atoms with van der Waals surface area (Å²) in [7, 11) is 0. The molecule has 4 aromatic rings. The summed E-state index contributed by atoms with van der Waals surface area (Å²) >= 11 is 0. The molecule has 0 heteroatoms. The molecule has 0 saturated carbocycles. The molecular formula is C45H44. The summed E-state index contributed by atoms with van der Waals surface area (Å²) in [4.78, 5) is 0. The lowest BCUT2D eigenvalue weighted by Gasteiger charge is -2.46. The molecule has 0 aliphatic heterocycles. The average molecular weight is 585 g/mol. The SMILES string of the molecule is CC1=CC(C)(C)c2cc3c(cc21)-c1cc2c(cc1C3)C(C)(C)C(C(c1ccc(C)cc1)(c1ccc(C)cc1)C1C=CC=C1)=C2C. The van der Waals surface area contributed by atoms with Gasteiger partial charge in [-0.2, -0.15) is 0 Å². The Kier molecular flexibility index (Phi) is 5.93. The summed E-state index contributed by atoms with van der Waals surface area (Å²) < 4.78 is 0. The molecule has 0 saturated heterocycles. The van der Waals surface area contributed by atoms with Crippen LogP contribution in [0.15, 0.2) is 109 Å². The first-order valence-electron chi connectivity index (χ1n) is 16.7. The molecule has 0 atom stereocenters. The molecule has 0 N–H and O–H groups in total. The van der Waals surface area contributed by atoms with Gasteiger partial charge >= 0.3 is 0 Å². The second kappa shape index (κ2) is 9.43. The van der Waals surface area contributed by atoms with Crippen molar-refractivity contribution < 1.29 is 0 Å². The highest BCUT2D eigenvalue weighted by Gasteiger charge is 2.53. The maximum atomic E-state index is 2.58. The van der Waals surface area contributed by atoms with Gasteiger partial charge in [0.1, 0.15) is 0 Å². The number of rotatable bonds is 4. The van der Waals surface area contributed by atoms with E-state index in [1.165, 1.54) is 83.5 Å². The Balaban J connectivity index is 1.39. The third kappa shape index (κ3) is 3.84. The van der Waals surface area contributed by atoms with E-state index in [1.807, 2.05) is 0 Å². The normalized spacial score (nSPS) is 18.7. The highest BCUT2D eigenvalue weighted by molar-refractivity contribution is 5.90. The molecule has 4 aromatic carbocycles. The van der Waals surface area contributed by atoms with Crippen LogP contribution < -0.4 is 0 Å². The molecule has 0 amide bonds. The minimum atomic E-state index is -0.339. The van der Waals surface area contributed by atoms with Crippen LogP contribution in [0.3, 0.4) is 0 Å². The van der Waals surface area contributed by atoms with E-state index in [0.29, 0.717) is 0 Å². The van der Waals surface area contributed by atoms with Crippen LogP contribution in [0, 0.1) is 19.8 Å². The van der Waals surface area contributed by atoms with Crippen LogP contribution in [0.5, 0.6) is 0 Å². The molecule has 4 aliphatic rings. The van der Waals surface area contributed by atoms with Crippen LogP contribution in [-0.2, 0) is 22.7 Å². The number of benzene rings is 4. The number of allylic oxidation sites excluding steroid dienone is 8. The second-order valence-corrected chi connectivity index (χ2v) is 15.3. The molecule has 0 nitrogen and oxygen atoms in total. The van der Waals surface area contributed by atoms with E-state index >= 15 is 0 Å². The zero-order chi connectivity index (χ0) is 31.5. The van der Waals surface area contributed by atoms with Crippen molar-refractivity contribution >= 4 is 11.1 Å². The molecule has 0 heterocycles. The molecule has 0 bridgehead atoms. The first-order valence-corrected chi connectivity index (χ1v) is 16.7. The maximum Gasteiger partial charge on any atom is 0.0522 e. The Morgan fingerprint density at radius 2 is 1.11 bits per heavy atom. The van der Waals surface area contributed by atoms with Gasteiger partial charge in [0.25, 0.3) is 0 Å². The highest BCUT2D eigenvalue weighted by atomic mass is 14.5. The van der Waals surface area contributed by atoms with Crippen LogP contribution in [0.1, 0.15) is 97.2 Å². The smallest absolute Gasteiger partial charge is 0.0522 e. The Morgan fingerprint density at radius 3 is 1.67 bits per heavy atom. The van der Waals surface area contributed by atoms with Gasteiger partial charge in [0.05, 0.1) is 5.41 Å². The monoisotopic (exact) mass is 584 g/mol. The van der Waals surface area contributed by atoms with Crippen LogP contribution >= 0.6 is 0 Å². The third-order valence-corrected chi connectivity index (χ3v) is 11.6. The van der Waals surface area contributed by atoms with E-state index in [4.69, 9.17) is 0 Å². The van der Waals surface area contributed by atoms with Crippen molar-refractivity contribution in [2.24, 2.45) is 5.92 Å². The summed E-state index contributed by atoms with van der Waals surface area (Å²) in [6.45, 7) is 18.7. The zero-order valence-corrected chi connectivity index (χ0v) is 28.1. The van der Waals surface area contributed by atoms with E-state index in [1.54, 1.807) is 0 Å². The van der Waals surface area contributed by atoms with Crippen molar-refractivity contribution in [3.05, 3.63) is 164 Å². The average Bonchev–Trinajstić information content (AvgIpc) is 3.75. The molecule has 4 aliphatic carbocycles. The minimum absolute atomic E-state index is 0.0968. The lowest BCUT2D eigenvalue weighted by Crippen LogP contribution is -2.42. The van der Waals surface area contributed by atoms with Gasteiger partial charge in [0.2, 0.25) is 0 Å². The van der Waals surface area contributed by atoms with Gasteiger partial charge in [0.15, 0.2) is 0 Å². The molecule has 0 unspecified atom stereocenters. The third-order valence-electron chi connectivity index (χ3n) is 11.6. The molecule has 0 radical (unpaired) electrons. The summed E-state index contributed by atoms with van der Waals surface area (Å²) in [6, 6.07) is 28.9. The number of hydrogen-bond acceptors (Lipinski definition) is 0. The highest BCUT2D eigenvalue weighted by Crippen LogP contribution is 2.61. The largest absolute Gasteiger partial charge is 0.0761 e. The van der Waals surface area contributed by atoms with Gasteiger partial charge in [0, 0.05) is 16.7 Å². The van der Waals surface area contributed by atoms with Crippen molar-refractivity contribution in [1.82, 2.24) is 0 Å². The van der Waals surface area contributed by atoms with Gasteiger partial charge < -0.3 is 0 Å². The Hall–Kier alpha value is -4.16. The Labute approximate surface area is 269 Å². The fourth-order valence-electron chi connectivity index (χ4n) is 9.56. The van der Waals surface area contributed by atoms with Gasteiger partial charge in [-0.3, -0.25) is 0 Å². The molecule has 0 spiro atoms. The van der Waals surface area contributed by atoms with Crippen LogP contribution in [0.25, 0.3) is 22.3 Å². The van der Waals surface area contributed by atoms with Crippen molar-refractivity contribution in [2.75, 3.05) is 0 Å². The molecular weight excluding hydrogens is 540 g/mol. The van der Waals surface area contributed by atoms with Crippen molar-refractivity contribution in [3.8, 4) is 11.1 Å². The van der Waals surface area contributed by atoms with Crippen molar-refractivity contribution in [2.45, 2.75) is 78.1 Å². The fourth-order valence-corrected chi connectivity index (χ4v) is 9.56. The van der Waals surface area contributed by atoms with Crippen LogP contribution in [0.2, 0.25) is 0 Å². The van der Waals surface area contributed by atoms with Crippen molar-refractivity contribution in [1.29, 1.82) is 0 Å². The lowest BCUT2D eigenvalue weighted by atomic mass is 9.55. The lowest BCUT2D eigenvalue weighted by molar-refractivity contribution is 0.442. The summed E-state index contributed by atoms with van der Waals surface area (Å²) in [5, 5.41) is 0. The first-order chi connectivity index (χ1) is 21.4.